The van der Waals surface area contributed by atoms with Gasteiger partial charge in [0.2, 0.25) is 0 Å². The zero-order chi connectivity index (χ0) is 18.2. The first kappa shape index (κ1) is 19.8. The molecule has 2 rings (SSSR count). The van der Waals surface area contributed by atoms with Crippen molar-refractivity contribution in [3.8, 4) is 11.1 Å². The molecular formula is C19H20INO3S. The van der Waals surface area contributed by atoms with Gasteiger partial charge in [-0.2, -0.15) is 11.8 Å². The molecule has 6 heteroatoms. The van der Waals surface area contributed by atoms with E-state index in [2.05, 4.69) is 27.9 Å². The first-order chi connectivity index (χ1) is 12.1. The van der Waals surface area contributed by atoms with Crippen molar-refractivity contribution in [2.45, 2.75) is 12.5 Å². The van der Waals surface area contributed by atoms with Crippen molar-refractivity contribution in [3.63, 3.8) is 0 Å². The number of nitrogens with one attached hydrogen (secondary N) is 1. The lowest BCUT2D eigenvalue weighted by Crippen LogP contribution is -2.42. The molecule has 0 aliphatic rings. The van der Waals surface area contributed by atoms with E-state index < -0.39 is 12.0 Å². The van der Waals surface area contributed by atoms with Gasteiger partial charge in [0.15, 0.2) is 0 Å². The van der Waals surface area contributed by atoms with Crippen LogP contribution in [0.25, 0.3) is 11.1 Å². The number of carbonyl (C=O) groups excluding carboxylic acids is 2. The molecule has 0 aromatic heterocycles. The molecule has 0 radical (unpaired) electrons. The number of benzene rings is 2. The summed E-state index contributed by atoms with van der Waals surface area (Å²) in [5.74, 6) is 0.0686. The summed E-state index contributed by atoms with van der Waals surface area (Å²) < 4.78 is 5.86. The molecule has 0 heterocycles. The molecule has 0 fully saturated rings. The Kier molecular flexibility index (Phi) is 7.77. The lowest BCUT2D eigenvalue weighted by molar-refractivity contribution is -0.142. The average Bonchev–Trinajstić information content (AvgIpc) is 2.64. The number of esters is 1. The van der Waals surface area contributed by atoms with Crippen molar-refractivity contribution in [2.75, 3.05) is 19.1 Å². The smallest absolute Gasteiger partial charge is 0.328 e. The van der Waals surface area contributed by atoms with Gasteiger partial charge in [0.1, 0.15) is 6.04 Å². The lowest BCUT2D eigenvalue weighted by Gasteiger charge is -2.17. The van der Waals surface area contributed by atoms with E-state index in [1.165, 1.54) is 7.11 Å². The summed E-state index contributed by atoms with van der Waals surface area (Å²) in [5, 5.41) is 2.82. The van der Waals surface area contributed by atoms with E-state index in [9.17, 15) is 9.59 Å². The van der Waals surface area contributed by atoms with Crippen LogP contribution in [0.1, 0.15) is 16.8 Å². The van der Waals surface area contributed by atoms with Crippen LogP contribution in [0, 0.1) is 3.57 Å². The summed E-state index contributed by atoms with van der Waals surface area (Å²) in [6, 6.07) is 14.7. The zero-order valence-electron chi connectivity index (χ0n) is 14.1. The highest BCUT2D eigenvalue weighted by atomic mass is 127. The first-order valence-electron chi connectivity index (χ1n) is 7.79. The third kappa shape index (κ3) is 5.47. The van der Waals surface area contributed by atoms with Crippen LogP contribution in [0.3, 0.4) is 0 Å². The van der Waals surface area contributed by atoms with Crippen molar-refractivity contribution >= 4 is 46.2 Å². The lowest BCUT2D eigenvalue weighted by atomic mass is 9.99. The van der Waals surface area contributed by atoms with E-state index in [1.54, 1.807) is 17.8 Å². The number of thioether (sulfide) groups is 1. The van der Waals surface area contributed by atoms with Crippen LogP contribution in [-0.4, -0.2) is 37.0 Å². The van der Waals surface area contributed by atoms with Crippen molar-refractivity contribution < 1.29 is 14.3 Å². The Morgan fingerprint density at radius 3 is 2.56 bits per heavy atom. The minimum Gasteiger partial charge on any atom is -0.467 e. The maximum atomic E-state index is 12.8. The quantitative estimate of drug-likeness (QED) is 0.493. The normalized spacial score (nSPS) is 11.6. The fourth-order valence-electron chi connectivity index (χ4n) is 2.43. The van der Waals surface area contributed by atoms with E-state index in [1.807, 2.05) is 48.7 Å². The number of rotatable bonds is 7. The van der Waals surface area contributed by atoms with Gasteiger partial charge in [-0.05, 0) is 70.3 Å². The SMILES string of the molecule is COC(=O)[C@H](CCSC)NC(=O)c1ccc(I)cc1-c1ccccc1. The number of hydrogen-bond acceptors (Lipinski definition) is 4. The monoisotopic (exact) mass is 469 g/mol. The Labute approximate surface area is 165 Å². The third-order valence-corrected chi connectivity index (χ3v) is 5.03. The van der Waals surface area contributed by atoms with Crippen LogP contribution in [0.2, 0.25) is 0 Å². The van der Waals surface area contributed by atoms with E-state index in [4.69, 9.17) is 4.74 Å². The molecule has 132 valence electrons. The van der Waals surface area contributed by atoms with Crippen LogP contribution in [0.4, 0.5) is 0 Å². The van der Waals surface area contributed by atoms with Crippen LogP contribution in [0.15, 0.2) is 48.5 Å². The van der Waals surface area contributed by atoms with Crippen molar-refractivity contribution in [1.29, 1.82) is 0 Å². The Balaban J connectivity index is 2.30. The highest BCUT2D eigenvalue weighted by Crippen LogP contribution is 2.26. The molecule has 1 N–H and O–H groups in total. The standard InChI is InChI=1S/C19H20INO3S/c1-24-19(23)17(10-11-25-2)21-18(22)15-9-8-14(20)12-16(15)13-6-4-3-5-7-13/h3-9,12,17H,10-11H2,1-2H3,(H,21,22)/t17-/m0/s1. The molecule has 1 amide bonds. The summed E-state index contributed by atoms with van der Waals surface area (Å²) in [4.78, 5) is 24.8. The van der Waals surface area contributed by atoms with Crippen LogP contribution < -0.4 is 5.32 Å². The summed E-state index contributed by atoms with van der Waals surface area (Å²) in [6.07, 6.45) is 2.49. The minimum absolute atomic E-state index is 0.272. The van der Waals surface area contributed by atoms with Crippen molar-refractivity contribution in [3.05, 3.63) is 57.7 Å². The molecule has 2 aromatic rings. The minimum atomic E-state index is -0.646. The zero-order valence-corrected chi connectivity index (χ0v) is 17.1. The topological polar surface area (TPSA) is 55.4 Å². The Morgan fingerprint density at radius 1 is 1.20 bits per heavy atom. The maximum Gasteiger partial charge on any atom is 0.328 e. The van der Waals surface area contributed by atoms with Gasteiger partial charge in [-0.25, -0.2) is 4.79 Å². The second-order valence-electron chi connectivity index (χ2n) is 5.39. The fourth-order valence-corrected chi connectivity index (χ4v) is 3.40. The van der Waals surface area contributed by atoms with Gasteiger partial charge >= 0.3 is 5.97 Å². The Morgan fingerprint density at radius 2 is 1.92 bits per heavy atom. The van der Waals surface area contributed by atoms with Gasteiger partial charge in [-0.15, -0.1) is 0 Å². The molecule has 0 saturated carbocycles. The van der Waals surface area contributed by atoms with Gasteiger partial charge in [0.05, 0.1) is 7.11 Å². The third-order valence-electron chi connectivity index (χ3n) is 3.71. The van der Waals surface area contributed by atoms with E-state index >= 15 is 0 Å². The van der Waals surface area contributed by atoms with Crippen LogP contribution in [-0.2, 0) is 9.53 Å². The van der Waals surface area contributed by atoms with Gasteiger partial charge in [-0.3, -0.25) is 4.79 Å². The molecule has 1 atom stereocenters. The van der Waals surface area contributed by atoms with Crippen LogP contribution >= 0.6 is 34.4 Å². The second-order valence-corrected chi connectivity index (χ2v) is 7.62. The molecule has 0 spiro atoms. The van der Waals surface area contributed by atoms with Gasteiger partial charge < -0.3 is 10.1 Å². The molecule has 25 heavy (non-hydrogen) atoms. The molecule has 0 saturated heterocycles. The van der Waals surface area contributed by atoms with Crippen molar-refractivity contribution in [1.82, 2.24) is 5.32 Å². The van der Waals surface area contributed by atoms with Gasteiger partial charge in [-0.1, -0.05) is 30.3 Å². The molecule has 2 aromatic carbocycles. The Hall–Kier alpha value is -1.54. The molecule has 0 aliphatic heterocycles. The summed E-state index contributed by atoms with van der Waals surface area (Å²) in [6.45, 7) is 0. The highest BCUT2D eigenvalue weighted by Gasteiger charge is 2.23. The first-order valence-corrected chi connectivity index (χ1v) is 10.3. The molecule has 0 bridgehead atoms. The summed E-state index contributed by atoms with van der Waals surface area (Å²) >= 11 is 3.85. The van der Waals surface area contributed by atoms with Gasteiger partial charge in [0.25, 0.3) is 5.91 Å². The molecule has 0 unspecified atom stereocenters. The van der Waals surface area contributed by atoms with E-state index in [0.29, 0.717) is 12.0 Å². The van der Waals surface area contributed by atoms with Crippen molar-refractivity contribution in [2.24, 2.45) is 0 Å². The predicted molar refractivity (Wildman–Crippen MR) is 111 cm³/mol. The summed E-state index contributed by atoms with van der Waals surface area (Å²) in [5.41, 5.74) is 2.35. The number of amides is 1. The highest BCUT2D eigenvalue weighted by molar-refractivity contribution is 14.1. The number of ether oxygens (including phenoxy) is 1. The number of methoxy groups -OCH3 is 1. The molecular weight excluding hydrogens is 449 g/mol. The average molecular weight is 469 g/mol. The van der Waals surface area contributed by atoms with Crippen LogP contribution in [0.5, 0.6) is 0 Å². The fraction of sp³-hybridized carbons (Fsp3) is 0.263. The maximum absolute atomic E-state index is 12.8. The Bertz CT molecular complexity index is 737. The largest absolute Gasteiger partial charge is 0.467 e. The van der Waals surface area contributed by atoms with Gasteiger partial charge in [0, 0.05) is 9.13 Å². The molecule has 4 nitrogen and oxygen atoms in total. The van der Waals surface area contributed by atoms with E-state index in [0.717, 1.165) is 20.4 Å². The number of halogens is 1. The predicted octanol–water partition coefficient (Wildman–Crippen LogP) is 3.98. The summed E-state index contributed by atoms with van der Waals surface area (Å²) in [7, 11) is 1.33. The second kappa shape index (κ2) is 9.82. The number of hydrogen-bond donors (Lipinski definition) is 1. The van der Waals surface area contributed by atoms with E-state index in [-0.39, 0.29) is 5.91 Å². The molecule has 0 aliphatic carbocycles. The number of carbonyl (C=O) groups is 2.